The maximum atomic E-state index is 13.3. The highest BCUT2D eigenvalue weighted by Crippen LogP contribution is 2.60. The molecule has 2 aliphatic rings. The number of pyridine rings is 1. The molecule has 2 aromatic heterocycles. The van der Waals surface area contributed by atoms with Crippen LogP contribution in [0.1, 0.15) is 28.8 Å². The number of halogens is 3. The van der Waals surface area contributed by atoms with E-state index in [2.05, 4.69) is 10.3 Å². The van der Waals surface area contributed by atoms with Crippen LogP contribution in [0.5, 0.6) is 0 Å². The van der Waals surface area contributed by atoms with Crippen molar-refractivity contribution in [3.63, 3.8) is 0 Å². The lowest BCUT2D eigenvalue weighted by atomic mass is 9.88. The van der Waals surface area contributed by atoms with E-state index in [1.165, 1.54) is 18.2 Å². The molecule has 5 rings (SSSR count). The zero-order valence-electron chi connectivity index (χ0n) is 14.6. The van der Waals surface area contributed by atoms with Crippen molar-refractivity contribution in [1.29, 1.82) is 0 Å². The van der Waals surface area contributed by atoms with Gasteiger partial charge in [0.25, 0.3) is 5.91 Å². The molecule has 1 amide bonds. The summed E-state index contributed by atoms with van der Waals surface area (Å²) in [6.45, 7) is 0. The molecule has 2 heterocycles. The Morgan fingerprint density at radius 1 is 1.29 bits per heavy atom. The molecule has 1 aromatic carbocycles. The van der Waals surface area contributed by atoms with Gasteiger partial charge in [0.05, 0.1) is 33.7 Å². The van der Waals surface area contributed by atoms with E-state index in [-0.39, 0.29) is 28.8 Å². The average molecular weight is 420 g/mol. The lowest BCUT2D eigenvalue weighted by Crippen LogP contribution is -2.33. The molecule has 0 radical (unpaired) electrons. The fraction of sp³-hybridized carbons (Fsp3) is 0.300. The fourth-order valence-electron chi connectivity index (χ4n) is 4.54. The van der Waals surface area contributed by atoms with Crippen molar-refractivity contribution in [3.05, 3.63) is 70.0 Å². The van der Waals surface area contributed by atoms with Crippen LogP contribution in [0.2, 0.25) is 10.0 Å². The molecule has 0 aliphatic heterocycles. The van der Waals surface area contributed by atoms with Gasteiger partial charge in [0, 0.05) is 23.4 Å². The molecule has 0 spiro atoms. The minimum atomic E-state index is -0.998. The second kappa shape index (κ2) is 6.17. The average Bonchev–Trinajstić information content (AvgIpc) is 3.03. The summed E-state index contributed by atoms with van der Waals surface area (Å²) in [5.74, 6) is -0.469. The van der Waals surface area contributed by atoms with E-state index in [1.807, 2.05) is 0 Å². The zero-order valence-corrected chi connectivity index (χ0v) is 16.1. The molecule has 2 saturated carbocycles. The normalized spacial score (nSPS) is 28.4. The Morgan fingerprint density at radius 2 is 2.04 bits per heavy atom. The Bertz CT molecular complexity index is 1100. The smallest absolute Gasteiger partial charge is 0.251 e. The third-order valence-electron chi connectivity index (χ3n) is 5.95. The number of carbonyl (C=O) groups is 1. The summed E-state index contributed by atoms with van der Waals surface area (Å²) in [5.41, 5.74) is 0.916. The van der Waals surface area contributed by atoms with E-state index in [0.29, 0.717) is 23.4 Å². The highest BCUT2D eigenvalue weighted by atomic mass is 35.5. The van der Waals surface area contributed by atoms with Crippen molar-refractivity contribution >= 4 is 34.6 Å². The minimum Gasteiger partial charge on any atom is -0.385 e. The van der Waals surface area contributed by atoms with Crippen LogP contribution >= 0.6 is 23.2 Å². The van der Waals surface area contributed by atoms with Crippen LogP contribution in [0.3, 0.4) is 0 Å². The molecule has 28 heavy (non-hydrogen) atoms. The van der Waals surface area contributed by atoms with E-state index < -0.39 is 11.4 Å². The van der Waals surface area contributed by atoms with Gasteiger partial charge < -0.3 is 14.8 Å². The van der Waals surface area contributed by atoms with Gasteiger partial charge in [-0.05, 0) is 48.9 Å². The molecule has 2 fully saturated rings. The number of hydrogen-bond acceptors (Lipinski definition) is 3. The number of aromatic nitrogens is 2. The van der Waals surface area contributed by atoms with Gasteiger partial charge in [-0.2, -0.15) is 0 Å². The van der Waals surface area contributed by atoms with Crippen molar-refractivity contribution in [2.45, 2.75) is 24.5 Å². The predicted octanol–water partition coefficient (Wildman–Crippen LogP) is 3.81. The number of rotatable bonds is 3. The van der Waals surface area contributed by atoms with Crippen LogP contribution in [0.4, 0.5) is 4.39 Å². The SMILES string of the molecule is O=C(N[C@H]1[C@@H]2C[C@](O)(c3cc(Cl)cn4cncc34)C[C@@H]21)c1ccc(F)c(Cl)c1. The van der Waals surface area contributed by atoms with Crippen molar-refractivity contribution < 1.29 is 14.3 Å². The predicted molar refractivity (Wildman–Crippen MR) is 103 cm³/mol. The molecule has 144 valence electrons. The van der Waals surface area contributed by atoms with Crippen molar-refractivity contribution in [1.82, 2.24) is 14.7 Å². The van der Waals surface area contributed by atoms with E-state index in [1.54, 1.807) is 29.2 Å². The first-order chi connectivity index (χ1) is 13.4. The second-order valence-corrected chi connectivity index (χ2v) is 8.50. The molecule has 2 aliphatic carbocycles. The van der Waals surface area contributed by atoms with E-state index in [9.17, 15) is 14.3 Å². The quantitative estimate of drug-likeness (QED) is 0.678. The number of benzene rings is 1. The maximum Gasteiger partial charge on any atom is 0.251 e. The van der Waals surface area contributed by atoms with Gasteiger partial charge in [0.1, 0.15) is 5.82 Å². The third kappa shape index (κ3) is 2.79. The summed E-state index contributed by atoms with van der Waals surface area (Å²) < 4.78 is 15.1. The maximum absolute atomic E-state index is 13.3. The first kappa shape index (κ1) is 17.9. The van der Waals surface area contributed by atoms with Crippen LogP contribution in [0, 0.1) is 17.7 Å². The van der Waals surface area contributed by atoms with Gasteiger partial charge in [-0.3, -0.25) is 4.79 Å². The summed E-state index contributed by atoms with van der Waals surface area (Å²) in [7, 11) is 0. The van der Waals surface area contributed by atoms with Crippen LogP contribution in [-0.2, 0) is 5.60 Å². The summed E-state index contributed by atoms with van der Waals surface area (Å²) in [6.07, 6.45) is 6.19. The number of hydrogen-bond donors (Lipinski definition) is 2. The lowest BCUT2D eigenvalue weighted by Gasteiger charge is -2.27. The standard InChI is InChI=1S/C20H16Cl2FN3O2/c21-11-4-14(17-7-24-9-26(17)8-11)20(28)5-12-13(6-20)18(12)25-19(27)10-1-2-16(23)15(22)3-10/h1-4,7-9,12-13,18,28H,5-6H2,(H,25,27)/t12-,13+,18+,20-. The van der Waals surface area contributed by atoms with Gasteiger partial charge in [-0.1, -0.05) is 23.2 Å². The van der Waals surface area contributed by atoms with Crippen LogP contribution in [-0.4, -0.2) is 26.4 Å². The third-order valence-corrected chi connectivity index (χ3v) is 6.44. The van der Waals surface area contributed by atoms with Crippen LogP contribution < -0.4 is 5.32 Å². The number of amides is 1. The molecule has 3 aromatic rings. The van der Waals surface area contributed by atoms with E-state index in [0.717, 1.165) is 11.1 Å². The molecular weight excluding hydrogens is 404 g/mol. The van der Waals surface area contributed by atoms with Gasteiger partial charge in [0.15, 0.2) is 0 Å². The molecule has 0 bridgehead atoms. The molecule has 8 heteroatoms. The monoisotopic (exact) mass is 419 g/mol. The minimum absolute atomic E-state index is 0.00304. The number of nitrogens with zero attached hydrogens (tertiary/aromatic N) is 2. The summed E-state index contributed by atoms with van der Waals surface area (Å²) >= 11 is 12.0. The highest BCUT2D eigenvalue weighted by molar-refractivity contribution is 6.31. The molecular formula is C20H16Cl2FN3O2. The molecule has 0 saturated heterocycles. The van der Waals surface area contributed by atoms with Gasteiger partial charge in [-0.25, -0.2) is 9.37 Å². The number of aliphatic hydroxyl groups is 1. The fourth-order valence-corrected chi connectivity index (χ4v) is 4.94. The Balaban J connectivity index is 1.32. The number of fused-ring (bicyclic) bond motifs is 2. The van der Waals surface area contributed by atoms with Gasteiger partial charge in [-0.15, -0.1) is 0 Å². The lowest BCUT2D eigenvalue weighted by molar-refractivity contribution is 0.0289. The first-order valence-electron chi connectivity index (χ1n) is 8.96. The van der Waals surface area contributed by atoms with Gasteiger partial charge in [0.2, 0.25) is 0 Å². The largest absolute Gasteiger partial charge is 0.385 e. The van der Waals surface area contributed by atoms with Crippen molar-refractivity contribution in [2.24, 2.45) is 11.8 Å². The van der Waals surface area contributed by atoms with Crippen molar-refractivity contribution in [2.75, 3.05) is 0 Å². The summed E-state index contributed by atoms with van der Waals surface area (Å²) in [5, 5.41) is 14.7. The Morgan fingerprint density at radius 3 is 2.75 bits per heavy atom. The number of nitrogens with one attached hydrogen (secondary N) is 1. The molecule has 5 nitrogen and oxygen atoms in total. The highest BCUT2D eigenvalue weighted by Gasteiger charge is 2.62. The summed E-state index contributed by atoms with van der Waals surface area (Å²) in [6, 6.07) is 5.70. The van der Waals surface area contributed by atoms with E-state index in [4.69, 9.17) is 23.2 Å². The van der Waals surface area contributed by atoms with Crippen molar-refractivity contribution in [3.8, 4) is 0 Å². The Kier molecular flexibility index (Phi) is 3.95. The topological polar surface area (TPSA) is 66.6 Å². The van der Waals surface area contributed by atoms with Crippen LogP contribution in [0.15, 0.2) is 43.0 Å². The van der Waals surface area contributed by atoms with Gasteiger partial charge >= 0.3 is 0 Å². The van der Waals surface area contributed by atoms with Crippen LogP contribution in [0.25, 0.3) is 5.52 Å². The second-order valence-electron chi connectivity index (χ2n) is 7.65. The van der Waals surface area contributed by atoms with E-state index >= 15 is 0 Å². The molecule has 4 atom stereocenters. The molecule has 0 unspecified atom stereocenters. The number of carbonyl (C=O) groups excluding carboxylic acids is 1. The molecule has 2 N–H and O–H groups in total. The number of imidazole rings is 1. The first-order valence-corrected chi connectivity index (χ1v) is 9.71. The summed E-state index contributed by atoms with van der Waals surface area (Å²) in [4.78, 5) is 16.6. The Hall–Kier alpha value is -2.15. The Labute approximate surface area is 170 Å². The zero-order chi connectivity index (χ0) is 19.6.